The number of nitrogens with one attached hydrogen (secondary N) is 1. The molecule has 0 aliphatic carbocycles. The zero-order valence-electron chi connectivity index (χ0n) is 11.1. The Morgan fingerprint density at radius 2 is 2.21 bits per heavy atom. The number of nitrogens with two attached hydrogens (primary N) is 1. The van der Waals surface area contributed by atoms with E-state index in [0.29, 0.717) is 12.2 Å². The number of rotatable bonds is 6. The number of nitrogens with zero attached hydrogens (tertiary/aromatic N) is 1. The molecule has 1 aromatic rings. The topological polar surface area (TPSA) is 101 Å². The summed E-state index contributed by atoms with van der Waals surface area (Å²) in [7, 11) is 0. The van der Waals surface area contributed by atoms with Gasteiger partial charge in [-0.05, 0) is 25.0 Å². The molecule has 0 spiro atoms. The molecule has 0 aliphatic rings. The molecule has 19 heavy (non-hydrogen) atoms. The summed E-state index contributed by atoms with van der Waals surface area (Å²) in [5, 5.41) is 23.2. The maximum atomic E-state index is 11.0. The summed E-state index contributed by atoms with van der Waals surface area (Å²) < 4.78 is 0. The van der Waals surface area contributed by atoms with Gasteiger partial charge in [-0.1, -0.05) is 18.2 Å². The Morgan fingerprint density at radius 1 is 1.53 bits per heavy atom. The minimum atomic E-state index is -0.685. The molecule has 0 fully saturated rings. The molecule has 0 heterocycles. The number of nitro benzene ring substituents is 1. The molecule has 0 amide bonds. The van der Waals surface area contributed by atoms with Crippen LogP contribution in [-0.2, 0) is 0 Å². The van der Waals surface area contributed by atoms with Gasteiger partial charge < -0.3 is 16.2 Å². The van der Waals surface area contributed by atoms with Crippen molar-refractivity contribution < 1.29 is 10.0 Å². The molecule has 4 N–H and O–H groups in total. The average molecular weight is 265 g/mol. The largest absolute Gasteiger partial charge is 0.388 e. The molecule has 1 aromatic carbocycles. The van der Waals surface area contributed by atoms with Gasteiger partial charge in [-0.15, -0.1) is 0 Å². The SMILES string of the molecule is Cc1ccc([N+](=O)[O-])c(NCC=C[C@@H](O)CN)c1C. The molecule has 0 saturated heterocycles. The number of benzene rings is 1. The standard InChI is InChI=1S/C13H19N3O3/c1-9-5-6-12(16(18)19)13(10(9)2)15-7-3-4-11(17)8-14/h3-6,11,15,17H,7-8,14H2,1-2H3/t11-/m1/s1. The molecular formula is C13H19N3O3. The molecule has 1 rings (SSSR count). The van der Waals surface area contributed by atoms with Gasteiger partial charge in [0.25, 0.3) is 5.69 Å². The third-order valence-electron chi connectivity index (χ3n) is 2.91. The van der Waals surface area contributed by atoms with E-state index in [0.717, 1.165) is 11.1 Å². The Kier molecular flexibility index (Phi) is 5.47. The first-order valence-electron chi connectivity index (χ1n) is 6.00. The van der Waals surface area contributed by atoms with Gasteiger partial charge in [-0.3, -0.25) is 10.1 Å². The van der Waals surface area contributed by atoms with E-state index in [1.165, 1.54) is 6.07 Å². The highest BCUT2D eigenvalue weighted by Gasteiger charge is 2.16. The number of nitro groups is 1. The van der Waals surface area contributed by atoms with Crippen LogP contribution in [0.2, 0.25) is 0 Å². The fourth-order valence-electron chi connectivity index (χ4n) is 1.64. The van der Waals surface area contributed by atoms with Crippen molar-refractivity contribution in [2.24, 2.45) is 5.73 Å². The summed E-state index contributed by atoms with van der Waals surface area (Å²) in [5.41, 5.74) is 7.66. The number of aliphatic hydroxyl groups is 1. The van der Waals surface area contributed by atoms with Gasteiger partial charge in [-0.2, -0.15) is 0 Å². The average Bonchev–Trinajstić information content (AvgIpc) is 2.38. The molecule has 0 radical (unpaired) electrons. The van der Waals surface area contributed by atoms with Crippen LogP contribution >= 0.6 is 0 Å². The quantitative estimate of drug-likeness (QED) is 0.411. The Labute approximate surface area is 112 Å². The van der Waals surface area contributed by atoms with Gasteiger partial charge >= 0.3 is 0 Å². The lowest BCUT2D eigenvalue weighted by Crippen LogP contribution is -2.17. The van der Waals surface area contributed by atoms with E-state index in [-0.39, 0.29) is 12.2 Å². The molecule has 6 heteroatoms. The molecule has 104 valence electrons. The summed E-state index contributed by atoms with van der Waals surface area (Å²) in [4.78, 5) is 10.6. The molecule has 0 unspecified atom stereocenters. The molecule has 0 aromatic heterocycles. The summed E-state index contributed by atoms with van der Waals surface area (Å²) in [6.07, 6.45) is 2.57. The van der Waals surface area contributed by atoms with Crippen LogP contribution in [0, 0.1) is 24.0 Å². The summed E-state index contributed by atoms with van der Waals surface area (Å²) in [6, 6.07) is 3.22. The van der Waals surface area contributed by atoms with Crippen LogP contribution < -0.4 is 11.1 Å². The first-order valence-corrected chi connectivity index (χ1v) is 6.00. The van der Waals surface area contributed by atoms with E-state index in [9.17, 15) is 15.2 Å². The number of aryl methyl sites for hydroxylation is 1. The minimum Gasteiger partial charge on any atom is -0.388 e. The van der Waals surface area contributed by atoms with E-state index in [4.69, 9.17) is 5.73 Å². The lowest BCUT2D eigenvalue weighted by atomic mass is 10.1. The first-order chi connectivity index (χ1) is 8.97. The van der Waals surface area contributed by atoms with Crippen molar-refractivity contribution in [1.29, 1.82) is 0 Å². The summed E-state index contributed by atoms with van der Waals surface area (Å²) in [5.74, 6) is 0. The van der Waals surface area contributed by atoms with Gasteiger partial charge in [-0.25, -0.2) is 0 Å². The monoisotopic (exact) mass is 265 g/mol. The zero-order chi connectivity index (χ0) is 14.4. The number of hydrogen-bond donors (Lipinski definition) is 3. The predicted molar refractivity (Wildman–Crippen MR) is 75.3 cm³/mol. The van der Waals surface area contributed by atoms with Crippen molar-refractivity contribution in [1.82, 2.24) is 0 Å². The Balaban J connectivity index is 2.85. The predicted octanol–water partition coefficient (Wildman–Crippen LogP) is 1.50. The Morgan fingerprint density at radius 3 is 2.79 bits per heavy atom. The van der Waals surface area contributed by atoms with Gasteiger partial charge in [0.15, 0.2) is 0 Å². The third kappa shape index (κ3) is 4.04. The highest BCUT2D eigenvalue weighted by atomic mass is 16.6. The van der Waals surface area contributed by atoms with E-state index >= 15 is 0 Å². The Hall–Kier alpha value is -1.92. The van der Waals surface area contributed by atoms with Gasteiger partial charge in [0.2, 0.25) is 0 Å². The van der Waals surface area contributed by atoms with Crippen molar-refractivity contribution in [3.63, 3.8) is 0 Å². The van der Waals surface area contributed by atoms with Gasteiger partial charge in [0, 0.05) is 19.2 Å². The van der Waals surface area contributed by atoms with Crippen LogP contribution in [0.3, 0.4) is 0 Å². The van der Waals surface area contributed by atoms with Crippen LogP contribution in [-0.4, -0.2) is 29.2 Å². The lowest BCUT2D eigenvalue weighted by molar-refractivity contribution is -0.384. The van der Waals surface area contributed by atoms with Crippen molar-refractivity contribution >= 4 is 11.4 Å². The van der Waals surface area contributed by atoms with Crippen molar-refractivity contribution in [3.05, 3.63) is 45.5 Å². The third-order valence-corrected chi connectivity index (χ3v) is 2.91. The second-order valence-electron chi connectivity index (χ2n) is 4.27. The maximum Gasteiger partial charge on any atom is 0.292 e. The minimum absolute atomic E-state index is 0.0517. The maximum absolute atomic E-state index is 11.0. The normalized spacial score (nSPS) is 12.6. The molecular weight excluding hydrogens is 246 g/mol. The molecule has 0 saturated carbocycles. The van der Waals surface area contributed by atoms with E-state index < -0.39 is 11.0 Å². The molecule has 1 atom stereocenters. The summed E-state index contributed by atoms with van der Waals surface area (Å²) >= 11 is 0. The van der Waals surface area contributed by atoms with Crippen LogP contribution in [0.4, 0.5) is 11.4 Å². The van der Waals surface area contributed by atoms with Crippen molar-refractivity contribution in [2.75, 3.05) is 18.4 Å². The number of aliphatic hydroxyl groups excluding tert-OH is 1. The van der Waals surface area contributed by atoms with E-state index in [1.807, 2.05) is 13.8 Å². The van der Waals surface area contributed by atoms with Crippen molar-refractivity contribution in [2.45, 2.75) is 20.0 Å². The smallest absolute Gasteiger partial charge is 0.292 e. The van der Waals surface area contributed by atoms with Crippen LogP contribution in [0.15, 0.2) is 24.3 Å². The van der Waals surface area contributed by atoms with Gasteiger partial charge in [0.05, 0.1) is 11.0 Å². The molecule has 0 bridgehead atoms. The molecule has 0 aliphatic heterocycles. The zero-order valence-corrected chi connectivity index (χ0v) is 11.1. The summed E-state index contributed by atoms with van der Waals surface area (Å²) in [6.45, 7) is 4.28. The van der Waals surface area contributed by atoms with Crippen LogP contribution in [0.1, 0.15) is 11.1 Å². The van der Waals surface area contributed by atoms with Crippen molar-refractivity contribution in [3.8, 4) is 0 Å². The molecule has 6 nitrogen and oxygen atoms in total. The number of anilines is 1. The fourth-order valence-corrected chi connectivity index (χ4v) is 1.64. The van der Waals surface area contributed by atoms with Gasteiger partial charge in [0.1, 0.15) is 5.69 Å². The highest BCUT2D eigenvalue weighted by Crippen LogP contribution is 2.29. The number of hydrogen-bond acceptors (Lipinski definition) is 5. The fraction of sp³-hybridized carbons (Fsp3) is 0.385. The van der Waals surface area contributed by atoms with E-state index in [2.05, 4.69) is 5.32 Å². The van der Waals surface area contributed by atoms with Crippen LogP contribution in [0.25, 0.3) is 0 Å². The van der Waals surface area contributed by atoms with Crippen LogP contribution in [0.5, 0.6) is 0 Å². The Bertz CT molecular complexity index is 486. The first kappa shape index (κ1) is 15.1. The second-order valence-corrected chi connectivity index (χ2v) is 4.27. The highest BCUT2D eigenvalue weighted by molar-refractivity contribution is 5.68. The lowest BCUT2D eigenvalue weighted by Gasteiger charge is -2.10. The second kappa shape index (κ2) is 6.86. The van der Waals surface area contributed by atoms with E-state index in [1.54, 1.807) is 18.2 Å².